The fourth-order valence-electron chi connectivity index (χ4n) is 5.24. The lowest BCUT2D eigenvalue weighted by molar-refractivity contribution is -0.171. The van der Waals surface area contributed by atoms with E-state index in [1.165, 1.54) is 0 Å². The van der Waals surface area contributed by atoms with Crippen molar-refractivity contribution in [1.29, 1.82) is 0 Å². The number of halogens is 1. The maximum Gasteiger partial charge on any atom is 0.310 e. The highest BCUT2D eigenvalue weighted by Crippen LogP contribution is 2.38. The molecule has 3 heterocycles. The van der Waals surface area contributed by atoms with Crippen LogP contribution in [0.25, 0.3) is 0 Å². The van der Waals surface area contributed by atoms with Crippen molar-refractivity contribution < 1.29 is 28.2 Å². The summed E-state index contributed by atoms with van der Waals surface area (Å²) in [4.78, 5) is 36.9. The van der Waals surface area contributed by atoms with Crippen LogP contribution in [0.1, 0.15) is 110 Å². The Balaban J connectivity index is 1.61. The van der Waals surface area contributed by atoms with Crippen LogP contribution in [0.3, 0.4) is 0 Å². The number of carbonyl (C=O) groups excluding carboxylic acids is 2. The van der Waals surface area contributed by atoms with E-state index in [-0.39, 0.29) is 36.4 Å². The van der Waals surface area contributed by atoms with E-state index in [2.05, 4.69) is 28.8 Å². The smallest absolute Gasteiger partial charge is 0.310 e. The van der Waals surface area contributed by atoms with E-state index in [1.807, 2.05) is 6.92 Å². The van der Waals surface area contributed by atoms with Gasteiger partial charge in [-0.2, -0.15) is 9.37 Å². The Hall–Kier alpha value is -2.62. The van der Waals surface area contributed by atoms with Crippen LogP contribution in [-0.4, -0.2) is 52.5 Å². The molecule has 0 saturated carbocycles. The fourth-order valence-corrected chi connectivity index (χ4v) is 5.24. The first-order valence-electron chi connectivity index (χ1n) is 14.6. The number of hydrogen-bond donors (Lipinski definition) is 1. The minimum atomic E-state index is -0.938. The largest absolute Gasteiger partial charge is 0.462 e. The zero-order valence-electron chi connectivity index (χ0n) is 23.8. The van der Waals surface area contributed by atoms with Gasteiger partial charge in [0, 0.05) is 25.5 Å². The van der Waals surface area contributed by atoms with Gasteiger partial charge in [-0.05, 0) is 44.9 Å². The molecule has 1 fully saturated rings. The molecular formula is C29H45FN4O5. The maximum absolute atomic E-state index is 13.6. The zero-order valence-corrected chi connectivity index (χ0v) is 23.8. The van der Waals surface area contributed by atoms with Crippen molar-refractivity contribution in [3.63, 3.8) is 0 Å². The minimum Gasteiger partial charge on any atom is -0.462 e. The summed E-state index contributed by atoms with van der Waals surface area (Å²) in [6.45, 7) is 6.13. The average Bonchev–Trinajstić information content (AvgIpc) is 3.05. The number of ether oxygens (including phenoxy) is 3. The Bertz CT molecular complexity index is 991. The van der Waals surface area contributed by atoms with E-state index >= 15 is 0 Å². The summed E-state index contributed by atoms with van der Waals surface area (Å²) in [6.07, 6.45) is 11.2. The number of anilines is 1. The molecule has 1 unspecified atom stereocenters. The SMILES string of the molecule is CCCCCCC(=O)OC[C@@]1(C)O[C@@H](CC2C=Nc3c(N)nc(F)nc3CC2)C[C@@H]1OC(=O)CCCCCC. The van der Waals surface area contributed by atoms with Gasteiger partial charge in [0.25, 0.3) is 0 Å². The standard InChI is InChI=1S/C29H45FN4O5/c1-4-6-8-10-12-24(35)37-19-29(3)23(38-25(36)13-11-9-7-5-2)17-21(39-29)16-20-14-15-22-26(32-18-20)27(31)34-28(30)33-22/h18,20-21,23H,4-17,19H2,1-3H3,(H2,31,33,34)/t20?,21-,23-,29+/m0/s1. The minimum absolute atomic E-state index is 0.0273. The van der Waals surface area contributed by atoms with E-state index in [0.29, 0.717) is 49.9 Å². The van der Waals surface area contributed by atoms with Crippen LogP contribution < -0.4 is 5.73 Å². The number of nitrogens with zero attached hydrogens (tertiary/aromatic N) is 3. The van der Waals surface area contributed by atoms with Crippen molar-refractivity contribution in [1.82, 2.24) is 9.97 Å². The Kier molecular flexibility index (Phi) is 12.1. The van der Waals surface area contributed by atoms with E-state index in [4.69, 9.17) is 19.9 Å². The number of fused-ring (bicyclic) bond motifs is 1. The molecule has 0 bridgehead atoms. The third kappa shape index (κ3) is 9.51. The highest BCUT2D eigenvalue weighted by molar-refractivity contribution is 5.73. The first-order chi connectivity index (χ1) is 18.7. The number of unbranched alkanes of at least 4 members (excludes halogenated alkanes) is 6. The molecule has 2 aliphatic heterocycles. The van der Waals surface area contributed by atoms with Crippen LogP contribution in [0.4, 0.5) is 15.9 Å². The number of rotatable bonds is 15. The number of hydrogen-bond acceptors (Lipinski definition) is 9. The van der Waals surface area contributed by atoms with Crippen molar-refractivity contribution in [3.8, 4) is 0 Å². The van der Waals surface area contributed by atoms with Crippen LogP contribution in [0, 0.1) is 12.0 Å². The molecule has 10 heteroatoms. The Labute approximate surface area is 231 Å². The number of aliphatic imine (C=N–C) groups is 1. The maximum atomic E-state index is 13.6. The molecule has 9 nitrogen and oxygen atoms in total. The molecule has 1 saturated heterocycles. The van der Waals surface area contributed by atoms with E-state index in [1.54, 1.807) is 6.21 Å². The monoisotopic (exact) mass is 548 g/mol. The quantitative estimate of drug-likeness (QED) is 0.166. The highest BCUT2D eigenvalue weighted by Gasteiger charge is 2.49. The second-order valence-corrected chi connectivity index (χ2v) is 11.0. The topological polar surface area (TPSA) is 126 Å². The highest BCUT2D eigenvalue weighted by atomic mass is 19.1. The van der Waals surface area contributed by atoms with Gasteiger partial charge in [0.05, 0.1) is 11.8 Å². The Morgan fingerprint density at radius 3 is 2.46 bits per heavy atom. The molecule has 4 atom stereocenters. The van der Waals surface area contributed by atoms with Gasteiger partial charge < -0.3 is 19.9 Å². The predicted molar refractivity (Wildman–Crippen MR) is 147 cm³/mol. The van der Waals surface area contributed by atoms with Crippen LogP contribution in [0.5, 0.6) is 0 Å². The molecule has 1 aromatic heterocycles. The number of nitrogens with two attached hydrogens (primary N) is 1. The van der Waals surface area contributed by atoms with E-state index < -0.39 is 17.8 Å². The summed E-state index contributed by atoms with van der Waals surface area (Å²) in [5.41, 5.74) is 5.83. The van der Waals surface area contributed by atoms with Crippen LogP contribution in [0.2, 0.25) is 0 Å². The molecule has 0 radical (unpaired) electrons. The summed E-state index contributed by atoms with van der Waals surface area (Å²) in [5.74, 6) is -0.453. The molecule has 0 spiro atoms. The van der Waals surface area contributed by atoms with Crippen LogP contribution >= 0.6 is 0 Å². The zero-order chi connectivity index (χ0) is 28.3. The van der Waals surface area contributed by atoms with E-state index in [9.17, 15) is 14.0 Å². The Morgan fingerprint density at radius 2 is 1.77 bits per heavy atom. The van der Waals surface area contributed by atoms with Gasteiger partial charge in [-0.25, -0.2) is 4.98 Å². The van der Waals surface area contributed by atoms with Crippen molar-refractivity contribution in [2.45, 2.75) is 128 Å². The second kappa shape index (κ2) is 15.2. The summed E-state index contributed by atoms with van der Waals surface area (Å²) in [5, 5.41) is 0. The number of esters is 2. The van der Waals surface area contributed by atoms with E-state index in [0.717, 1.165) is 51.4 Å². The summed E-state index contributed by atoms with van der Waals surface area (Å²) in [6, 6.07) is 0. The second-order valence-electron chi connectivity index (χ2n) is 11.0. The van der Waals surface area contributed by atoms with Gasteiger partial charge in [-0.1, -0.05) is 52.4 Å². The summed E-state index contributed by atoms with van der Waals surface area (Å²) < 4.78 is 31.6. The van der Waals surface area contributed by atoms with Gasteiger partial charge in [0.1, 0.15) is 24.0 Å². The van der Waals surface area contributed by atoms with Crippen molar-refractivity contribution in [3.05, 3.63) is 11.8 Å². The molecule has 2 N–H and O–H groups in total. The lowest BCUT2D eigenvalue weighted by Gasteiger charge is -2.30. The predicted octanol–water partition coefficient (Wildman–Crippen LogP) is 5.80. The third-order valence-corrected chi connectivity index (χ3v) is 7.54. The fraction of sp³-hybridized carbons (Fsp3) is 0.759. The van der Waals surface area contributed by atoms with Gasteiger partial charge >= 0.3 is 18.0 Å². The normalized spacial score (nSPS) is 24.3. The van der Waals surface area contributed by atoms with Crippen molar-refractivity contribution in [2.24, 2.45) is 10.9 Å². The molecule has 0 amide bonds. The first kappa shape index (κ1) is 30.9. The number of aromatic nitrogens is 2. The molecule has 2 aliphatic rings. The first-order valence-corrected chi connectivity index (χ1v) is 14.6. The molecule has 218 valence electrons. The van der Waals surface area contributed by atoms with Crippen LogP contribution in [-0.2, 0) is 30.2 Å². The van der Waals surface area contributed by atoms with Crippen molar-refractivity contribution in [2.75, 3.05) is 12.3 Å². The van der Waals surface area contributed by atoms with Gasteiger partial charge in [0.2, 0.25) is 0 Å². The molecule has 0 aromatic carbocycles. The van der Waals surface area contributed by atoms with Crippen LogP contribution in [0.15, 0.2) is 4.99 Å². The lowest BCUT2D eigenvalue weighted by atomic mass is 9.93. The average molecular weight is 549 g/mol. The summed E-state index contributed by atoms with van der Waals surface area (Å²) >= 11 is 0. The summed E-state index contributed by atoms with van der Waals surface area (Å²) in [7, 11) is 0. The molecule has 0 aliphatic carbocycles. The molecule has 1 aromatic rings. The lowest BCUT2D eigenvalue weighted by Crippen LogP contribution is -2.44. The molecular weight excluding hydrogens is 503 g/mol. The third-order valence-electron chi connectivity index (χ3n) is 7.54. The molecule has 39 heavy (non-hydrogen) atoms. The van der Waals surface area contributed by atoms with Gasteiger partial charge in [-0.3, -0.25) is 14.6 Å². The van der Waals surface area contributed by atoms with Gasteiger partial charge in [-0.15, -0.1) is 0 Å². The number of nitrogen functional groups attached to an aromatic ring is 1. The molecule has 3 rings (SSSR count). The number of carbonyl (C=O) groups is 2. The number of aryl methyl sites for hydroxylation is 1. The van der Waals surface area contributed by atoms with Gasteiger partial charge in [0.15, 0.2) is 5.82 Å². The Morgan fingerprint density at radius 1 is 1.08 bits per heavy atom. The van der Waals surface area contributed by atoms with Crippen molar-refractivity contribution >= 4 is 29.7 Å².